The van der Waals surface area contributed by atoms with Crippen molar-refractivity contribution in [2.45, 2.75) is 25.1 Å². The van der Waals surface area contributed by atoms with Crippen LogP contribution in [-0.4, -0.2) is 27.3 Å². The molecule has 0 bridgehead atoms. The van der Waals surface area contributed by atoms with Gasteiger partial charge in [-0.05, 0) is 36.4 Å². The summed E-state index contributed by atoms with van der Waals surface area (Å²) in [6, 6.07) is 26.5. The van der Waals surface area contributed by atoms with Crippen LogP contribution in [0.2, 0.25) is 0 Å². The predicted molar refractivity (Wildman–Crippen MR) is 126 cm³/mol. The van der Waals surface area contributed by atoms with Crippen LogP contribution >= 0.6 is 11.8 Å². The Balaban J connectivity index is 1.55. The number of rotatable bonds is 8. The third-order valence-electron chi connectivity index (χ3n) is 4.81. The average molecular weight is 429 g/mol. The lowest BCUT2D eigenvalue weighted by Crippen LogP contribution is -2.02. The number of hydrogen-bond donors (Lipinski definition) is 0. The van der Waals surface area contributed by atoms with Gasteiger partial charge in [0.05, 0.1) is 6.21 Å². The second-order valence-electron chi connectivity index (χ2n) is 7.13. The third kappa shape index (κ3) is 5.41. The van der Waals surface area contributed by atoms with Crippen molar-refractivity contribution in [2.24, 2.45) is 5.10 Å². The van der Waals surface area contributed by atoms with Crippen molar-refractivity contribution in [1.82, 2.24) is 14.9 Å². The molecule has 0 aliphatic carbocycles. The fourth-order valence-electron chi connectivity index (χ4n) is 3.11. The quantitative estimate of drug-likeness (QED) is 0.280. The molecule has 6 heteroatoms. The summed E-state index contributed by atoms with van der Waals surface area (Å²) in [5, 5.41) is 14.1. The molecule has 0 saturated carbocycles. The first-order valence-electron chi connectivity index (χ1n) is 10.1. The zero-order valence-electron chi connectivity index (χ0n) is 17.6. The summed E-state index contributed by atoms with van der Waals surface area (Å²) in [6.07, 6.45) is 4.44. The topological polar surface area (TPSA) is 52.3 Å². The molecule has 4 rings (SSSR count). The Morgan fingerprint density at radius 1 is 0.903 bits per heavy atom. The molecule has 1 heterocycles. The van der Waals surface area contributed by atoms with Gasteiger partial charge in [-0.2, -0.15) is 9.78 Å². The van der Waals surface area contributed by atoms with Gasteiger partial charge in [-0.25, -0.2) is 0 Å². The minimum absolute atomic E-state index is 0.507. The lowest BCUT2D eigenvalue weighted by atomic mass is 10.1. The van der Waals surface area contributed by atoms with Crippen LogP contribution in [0, 0.1) is 6.92 Å². The van der Waals surface area contributed by atoms with E-state index in [1.165, 1.54) is 22.9 Å². The Bertz CT molecular complexity index is 1150. The fraction of sp³-hybridized carbons (Fsp3) is 0.160. The fourth-order valence-corrected chi connectivity index (χ4v) is 3.56. The van der Waals surface area contributed by atoms with Gasteiger partial charge in [-0.1, -0.05) is 84.1 Å². The van der Waals surface area contributed by atoms with E-state index in [1.807, 2.05) is 54.9 Å². The molecule has 0 aliphatic rings. The van der Waals surface area contributed by atoms with E-state index in [2.05, 4.69) is 53.5 Å². The average Bonchev–Trinajstić information content (AvgIpc) is 3.20. The number of ether oxygens (including phenoxy) is 1. The zero-order valence-corrected chi connectivity index (χ0v) is 18.4. The Morgan fingerprint density at radius 3 is 2.42 bits per heavy atom. The summed E-state index contributed by atoms with van der Waals surface area (Å²) in [5.74, 6) is 1.58. The van der Waals surface area contributed by atoms with E-state index < -0.39 is 0 Å². The highest BCUT2D eigenvalue weighted by molar-refractivity contribution is 7.98. The molecule has 0 saturated heterocycles. The van der Waals surface area contributed by atoms with Crippen LogP contribution in [0.25, 0.3) is 0 Å². The highest BCUT2D eigenvalue weighted by atomic mass is 32.2. The van der Waals surface area contributed by atoms with Crippen molar-refractivity contribution in [1.29, 1.82) is 0 Å². The number of thioether (sulfide) groups is 1. The molecular weight excluding hydrogens is 404 g/mol. The van der Waals surface area contributed by atoms with Gasteiger partial charge < -0.3 is 4.74 Å². The maximum Gasteiger partial charge on any atom is 0.211 e. The van der Waals surface area contributed by atoms with Crippen molar-refractivity contribution >= 4 is 18.0 Å². The summed E-state index contributed by atoms with van der Waals surface area (Å²) < 4.78 is 7.88. The monoisotopic (exact) mass is 428 g/mol. The minimum Gasteiger partial charge on any atom is -0.488 e. The molecule has 0 aliphatic heterocycles. The van der Waals surface area contributed by atoms with Gasteiger partial charge in [0, 0.05) is 12.0 Å². The van der Waals surface area contributed by atoms with Crippen molar-refractivity contribution in [2.75, 3.05) is 6.26 Å². The summed E-state index contributed by atoms with van der Waals surface area (Å²) in [7, 11) is 0. The predicted octanol–water partition coefficient (Wildman–Crippen LogP) is 5.36. The summed E-state index contributed by atoms with van der Waals surface area (Å²) in [4.78, 5) is 0. The number of hydrogen-bond acceptors (Lipinski definition) is 5. The van der Waals surface area contributed by atoms with E-state index in [-0.39, 0.29) is 0 Å². The van der Waals surface area contributed by atoms with Gasteiger partial charge >= 0.3 is 0 Å². The molecule has 156 valence electrons. The third-order valence-corrected chi connectivity index (χ3v) is 5.43. The van der Waals surface area contributed by atoms with E-state index >= 15 is 0 Å². The van der Waals surface area contributed by atoms with Gasteiger partial charge in [-0.3, -0.25) is 0 Å². The number of benzene rings is 3. The summed E-state index contributed by atoms with van der Waals surface area (Å²) >= 11 is 1.52. The zero-order chi connectivity index (χ0) is 21.5. The SMILES string of the molecule is CSc1nnc(Cc2ccccc2)n1/N=C\c1ccccc1OCc1ccc(C)cc1. The van der Waals surface area contributed by atoms with E-state index in [4.69, 9.17) is 9.84 Å². The van der Waals surface area contributed by atoms with Crippen LogP contribution in [0.15, 0.2) is 89.1 Å². The lowest BCUT2D eigenvalue weighted by Gasteiger charge is -2.09. The van der Waals surface area contributed by atoms with Crippen LogP contribution in [-0.2, 0) is 13.0 Å². The van der Waals surface area contributed by atoms with E-state index in [0.29, 0.717) is 13.0 Å². The van der Waals surface area contributed by atoms with Crippen LogP contribution in [0.3, 0.4) is 0 Å². The number of nitrogens with zero attached hydrogens (tertiary/aromatic N) is 4. The highest BCUT2D eigenvalue weighted by Crippen LogP contribution is 2.20. The highest BCUT2D eigenvalue weighted by Gasteiger charge is 2.11. The molecule has 0 spiro atoms. The van der Waals surface area contributed by atoms with E-state index in [1.54, 1.807) is 4.68 Å². The molecule has 3 aromatic carbocycles. The number of aryl methyl sites for hydroxylation is 1. The van der Waals surface area contributed by atoms with Crippen LogP contribution in [0.4, 0.5) is 0 Å². The summed E-state index contributed by atoms with van der Waals surface area (Å²) in [5.41, 5.74) is 4.44. The molecule has 31 heavy (non-hydrogen) atoms. The Hall–Kier alpha value is -3.38. The molecule has 0 amide bonds. The molecule has 0 atom stereocenters. The number of aromatic nitrogens is 3. The minimum atomic E-state index is 0.507. The Kier molecular flexibility index (Phi) is 6.79. The van der Waals surface area contributed by atoms with Crippen LogP contribution in [0.5, 0.6) is 5.75 Å². The Morgan fingerprint density at radius 2 is 1.65 bits per heavy atom. The van der Waals surface area contributed by atoms with Crippen molar-refractivity contribution in [3.63, 3.8) is 0 Å². The first-order valence-corrected chi connectivity index (χ1v) is 11.3. The maximum absolute atomic E-state index is 6.08. The molecule has 0 radical (unpaired) electrons. The largest absolute Gasteiger partial charge is 0.488 e. The smallest absolute Gasteiger partial charge is 0.211 e. The van der Waals surface area contributed by atoms with Gasteiger partial charge in [0.15, 0.2) is 5.82 Å². The molecule has 0 fully saturated rings. The normalized spacial score (nSPS) is 11.2. The molecular formula is C25H24N4OS. The van der Waals surface area contributed by atoms with Crippen LogP contribution in [0.1, 0.15) is 28.1 Å². The van der Waals surface area contributed by atoms with Gasteiger partial charge in [0.1, 0.15) is 12.4 Å². The van der Waals surface area contributed by atoms with Crippen LogP contribution < -0.4 is 4.74 Å². The van der Waals surface area contributed by atoms with E-state index in [0.717, 1.165) is 27.9 Å². The van der Waals surface area contributed by atoms with Gasteiger partial charge in [-0.15, -0.1) is 10.2 Å². The van der Waals surface area contributed by atoms with Crippen molar-refractivity contribution in [3.8, 4) is 5.75 Å². The maximum atomic E-state index is 6.08. The van der Waals surface area contributed by atoms with E-state index in [9.17, 15) is 0 Å². The molecule has 5 nitrogen and oxygen atoms in total. The molecule has 1 aromatic heterocycles. The first kappa shape index (κ1) is 20.9. The lowest BCUT2D eigenvalue weighted by molar-refractivity contribution is 0.306. The molecule has 4 aromatic rings. The molecule has 0 unspecified atom stereocenters. The van der Waals surface area contributed by atoms with Crippen molar-refractivity contribution < 1.29 is 4.74 Å². The summed E-state index contributed by atoms with van der Waals surface area (Å²) in [6.45, 7) is 2.59. The second-order valence-corrected chi connectivity index (χ2v) is 7.91. The Labute approximate surface area is 186 Å². The van der Waals surface area contributed by atoms with Gasteiger partial charge in [0.2, 0.25) is 5.16 Å². The number of para-hydroxylation sites is 1. The van der Waals surface area contributed by atoms with Gasteiger partial charge in [0.25, 0.3) is 0 Å². The second kappa shape index (κ2) is 10.1. The molecule has 0 N–H and O–H groups in total. The standard InChI is InChI=1S/C25H24N4OS/c1-19-12-14-21(15-13-19)18-30-23-11-7-6-10-22(23)17-26-29-24(27-28-25(29)31-2)16-20-8-4-3-5-9-20/h3-15,17H,16,18H2,1-2H3/b26-17-. The van der Waals surface area contributed by atoms with Crippen molar-refractivity contribution in [3.05, 3.63) is 107 Å². The first-order chi connectivity index (χ1) is 15.2.